The Morgan fingerprint density at radius 3 is 2.95 bits per heavy atom. The topological polar surface area (TPSA) is 67.2 Å². The summed E-state index contributed by atoms with van der Waals surface area (Å²) < 4.78 is 1.56. The van der Waals surface area contributed by atoms with Crippen molar-refractivity contribution in [2.45, 2.75) is 0 Å². The lowest BCUT2D eigenvalue weighted by Gasteiger charge is -2.05. The van der Waals surface area contributed by atoms with Gasteiger partial charge in [0.15, 0.2) is 0 Å². The van der Waals surface area contributed by atoms with Gasteiger partial charge in [-0.25, -0.2) is 0 Å². The van der Waals surface area contributed by atoms with Crippen LogP contribution in [-0.2, 0) is 7.05 Å². The number of benzene rings is 1. The van der Waals surface area contributed by atoms with Crippen molar-refractivity contribution in [1.29, 1.82) is 0 Å². The first kappa shape index (κ1) is 12.9. The molecule has 0 fully saturated rings. The van der Waals surface area contributed by atoms with Gasteiger partial charge in [-0.15, -0.1) is 0 Å². The van der Waals surface area contributed by atoms with Crippen LogP contribution in [0.3, 0.4) is 0 Å². The summed E-state index contributed by atoms with van der Waals surface area (Å²) in [6.07, 6.45) is 3.13. The maximum Gasteiger partial charge on any atom is 0.258 e. The number of hydrogen-bond donors (Lipinski definition) is 2. The number of para-hydroxylation sites is 1. The van der Waals surface area contributed by atoms with Crippen molar-refractivity contribution in [3.63, 3.8) is 0 Å². The molecule has 5 heteroatoms. The number of hydrogen-bond acceptors (Lipinski definition) is 3. The van der Waals surface area contributed by atoms with Crippen LogP contribution in [0.15, 0.2) is 36.7 Å². The van der Waals surface area contributed by atoms with E-state index in [1.807, 2.05) is 12.1 Å². The molecule has 0 radical (unpaired) electrons. The van der Waals surface area contributed by atoms with Gasteiger partial charge in [0.05, 0.1) is 17.4 Å². The zero-order chi connectivity index (χ0) is 13.7. The minimum Gasteiger partial charge on any atom is -0.384 e. The standard InChI is InChI=1S/C14H13N3O2/c1-17-10-12(9-15-17)14(19)16-13-7-3-2-5-11(13)6-4-8-18/h2-3,5,7,9-10,18H,8H2,1H3,(H,16,19). The Morgan fingerprint density at radius 2 is 2.26 bits per heavy atom. The average molecular weight is 255 g/mol. The van der Waals surface area contributed by atoms with Gasteiger partial charge < -0.3 is 10.4 Å². The number of aromatic nitrogens is 2. The third kappa shape index (κ3) is 3.21. The van der Waals surface area contributed by atoms with E-state index in [2.05, 4.69) is 22.3 Å². The lowest BCUT2D eigenvalue weighted by atomic mass is 10.1. The van der Waals surface area contributed by atoms with E-state index in [1.54, 1.807) is 30.1 Å². The van der Waals surface area contributed by atoms with Gasteiger partial charge in [-0.3, -0.25) is 9.48 Å². The van der Waals surface area contributed by atoms with Crippen molar-refractivity contribution in [2.24, 2.45) is 7.05 Å². The van der Waals surface area contributed by atoms with E-state index in [4.69, 9.17) is 5.11 Å². The smallest absolute Gasteiger partial charge is 0.258 e. The lowest BCUT2D eigenvalue weighted by molar-refractivity contribution is 0.102. The molecule has 0 aliphatic carbocycles. The second-order valence-electron chi connectivity index (χ2n) is 3.86. The third-order valence-corrected chi connectivity index (χ3v) is 2.44. The summed E-state index contributed by atoms with van der Waals surface area (Å²) in [5.74, 6) is 5.11. The first-order chi connectivity index (χ1) is 9.20. The molecule has 1 amide bonds. The summed E-state index contributed by atoms with van der Waals surface area (Å²) in [5, 5.41) is 15.4. The minimum absolute atomic E-state index is 0.217. The Morgan fingerprint density at radius 1 is 1.47 bits per heavy atom. The fraction of sp³-hybridized carbons (Fsp3) is 0.143. The van der Waals surface area contributed by atoms with Crippen molar-refractivity contribution in [1.82, 2.24) is 9.78 Å². The van der Waals surface area contributed by atoms with E-state index in [-0.39, 0.29) is 12.5 Å². The first-order valence-electron chi connectivity index (χ1n) is 5.69. The molecule has 0 spiro atoms. The van der Waals surface area contributed by atoms with Crippen LogP contribution in [0.1, 0.15) is 15.9 Å². The molecule has 0 bridgehead atoms. The number of aryl methyl sites for hydroxylation is 1. The summed E-state index contributed by atoms with van der Waals surface area (Å²) in [7, 11) is 1.75. The summed E-state index contributed by atoms with van der Waals surface area (Å²) >= 11 is 0. The molecule has 0 saturated heterocycles. The summed E-state index contributed by atoms with van der Waals surface area (Å²) in [4.78, 5) is 12.0. The molecule has 2 N–H and O–H groups in total. The molecule has 0 aliphatic rings. The quantitative estimate of drug-likeness (QED) is 0.787. The molecule has 1 heterocycles. The van der Waals surface area contributed by atoms with Crippen molar-refractivity contribution in [3.8, 4) is 11.8 Å². The first-order valence-corrected chi connectivity index (χ1v) is 5.69. The Kier molecular flexibility index (Phi) is 3.96. The highest BCUT2D eigenvalue weighted by Crippen LogP contribution is 2.14. The molecular weight excluding hydrogens is 242 g/mol. The number of carbonyl (C=O) groups is 1. The second kappa shape index (κ2) is 5.85. The van der Waals surface area contributed by atoms with E-state index in [0.29, 0.717) is 16.8 Å². The Hall–Kier alpha value is -2.58. The SMILES string of the molecule is Cn1cc(C(=O)Nc2ccccc2C#CCO)cn1. The van der Waals surface area contributed by atoms with Crippen molar-refractivity contribution >= 4 is 11.6 Å². The average Bonchev–Trinajstić information content (AvgIpc) is 2.84. The number of aliphatic hydroxyl groups is 1. The van der Waals surface area contributed by atoms with E-state index in [1.165, 1.54) is 6.20 Å². The second-order valence-corrected chi connectivity index (χ2v) is 3.86. The molecule has 2 aromatic rings. The van der Waals surface area contributed by atoms with Gasteiger partial charge in [-0.2, -0.15) is 5.10 Å². The number of amides is 1. The van der Waals surface area contributed by atoms with Crippen LogP contribution in [-0.4, -0.2) is 27.4 Å². The van der Waals surface area contributed by atoms with Gasteiger partial charge in [0.1, 0.15) is 6.61 Å². The van der Waals surface area contributed by atoms with Gasteiger partial charge in [0.25, 0.3) is 5.91 Å². The molecule has 19 heavy (non-hydrogen) atoms. The Bertz CT molecular complexity index is 650. The number of nitrogens with zero attached hydrogens (tertiary/aromatic N) is 2. The fourth-order valence-electron chi connectivity index (χ4n) is 1.57. The maximum absolute atomic E-state index is 12.0. The highest BCUT2D eigenvalue weighted by molar-refractivity contribution is 6.04. The molecule has 0 unspecified atom stereocenters. The van der Waals surface area contributed by atoms with Crippen molar-refractivity contribution in [2.75, 3.05) is 11.9 Å². The van der Waals surface area contributed by atoms with Gasteiger partial charge in [-0.1, -0.05) is 24.0 Å². The summed E-state index contributed by atoms with van der Waals surface area (Å²) in [6.45, 7) is -0.217. The summed E-state index contributed by atoms with van der Waals surface area (Å²) in [6, 6.07) is 7.17. The van der Waals surface area contributed by atoms with Crippen LogP contribution >= 0.6 is 0 Å². The number of carbonyl (C=O) groups excluding carboxylic acids is 1. The predicted octanol–water partition coefficient (Wildman–Crippen LogP) is 1.02. The maximum atomic E-state index is 12.0. The molecule has 1 aromatic heterocycles. The van der Waals surface area contributed by atoms with E-state index in [9.17, 15) is 4.79 Å². The monoisotopic (exact) mass is 255 g/mol. The normalized spacial score (nSPS) is 9.58. The predicted molar refractivity (Wildman–Crippen MR) is 71.6 cm³/mol. The highest BCUT2D eigenvalue weighted by Gasteiger charge is 2.09. The number of aliphatic hydroxyl groups excluding tert-OH is 1. The fourth-order valence-corrected chi connectivity index (χ4v) is 1.57. The molecule has 0 aliphatic heterocycles. The largest absolute Gasteiger partial charge is 0.384 e. The molecule has 1 aromatic carbocycles. The van der Waals surface area contributed by atoms with E-state index < -0.39 is 0 Å². The van der Waals surface area contributed by atoms with Gasteiger partial charge in [-0.05, 0) is 12.1 Å². The molecule has 2 rings (SSSR count). The Balaban J connectivity index is 2.21. The van der Waals surface area contributed by atoms with Crippen LogP contribution in [0.4, 0.5) is 5.69 Å². The van der Waals surface area contributed by atoms with E-state index >= 15 is 0 Å². The van der Waals surface area contributed by atoms with Gasteiger partial charge in [0.2, 0.25) is 0 Å². The van der Waals surface area contributed by atoms with Crippen LogP contribution in [0.5, 0.6) is 0 Å². The molecule has 5 nitrogen and oxygen atoms in total. The van der Waals surface area contributed by atoms with Crippen molar-refractivity contribution < 1.29 is 9.90 Å². The molecule has 0 atom stereocenters. The molecular formula is C14H13N3O2. The minimum atomic E-state index is -0.244. The van der Waals surface area contributed by atoms with Gasteiger partial charge in [0, 0.05) is 18.8 Å². The third-order valence-electron chi connectivity index (χ3n) is 2.44. The number of anilines is 1. The zero-order valence-corrected chi connectivity index (χ0v) is 10.4. The molecule has 96 valence electrons. The highest BCUT2D eigenvalue weighted by atomic mass is 16.2. The van der Waals surface area contributed by atoms with Crippen LogP contribution in [0, 0.1) is 11.8 Å². The number of rotatable bonds is 2. The lowest BCUT2D eigenvalue weighted by Crippen LogP contribution is -2.12. The van der Waals surface area contributed by atoms with Crippen molar-refractivity contribution in [3.05, 3.63) is 47.8 Å². The Labute approximate surface area is 110 Å². The summed E-state index contributed by atoms with van der Waals surface area (Å²) in [5.41, 5.74) is 1.75. The van der Waals surface area contributed by atoms with E-state index in [0.717, 1.165) is 0 Å². The zero-order valence-electron chi connectivity index (χ0n) is 10.4. The van der Waals surface area contributed by atoms with Crippen LogP contribution < -0.4 is 5.32 Å². The van der Waals surface area contributed by atoms with Gasteiger partial charge >= 0.3 is 0 Å². The molecule has 0 saturated carbocycles. The van der Waals surface area contributed by atoms with Crippen LogP contribution in [0.25, 0.3) is 0 Å². The number of nitrogens with one attached hydrogen (secondary N) is 1. The van der Waals surface area contributed by atoms with Crippen LogP contribution in [0.2, 0.25) is 0 Å².